The number of fused-ring (bicyclic) bond motifs is 1. The van der Waals surface area contributed by atoms with Gasteiger partial charge in [-0.1, -0.05) is 127 Å². The van der Waals surface area contributed by atoms with Crippen LogP contribution in [-0.2, 0) is 0 Å². The minimum absolute atomic E-state index is 0.631. The maximum Gasteiger partial charge on any atom is 0.164 e. The molecule has 0 bridgehead atoms. The lowest BCUT2D eigenvalue weighted by atomic mass is 9.89. The first-order valence-electron chi connectivity index (χ1n) is 18.1. The predicted molar refractivity (Wildman–Crippen MR) is 224 cm³/mol. The highest BCUT2D eigenvalue weighted by atomic mass is 32.1. The van der Waals surface area contributed by atoms with Crippen LogP contribution in [0.5, 0.6) is 0 Å². The average Bonchev–Trinajstić information content (AvgIpc) is 3.79. The first-order valence-corrected chi connectivity index (χ1v) is 18.9. The summed E-state index contributed by atoms with van der Waals surface area (Å²) in [6, 6.07) is 57.6. The zero-order valence-corrected chi connectivity index (χ0v) is 29.6. The van der Waals surface area contributed by atoms with Gasteiger partial charge in [-0.25, -0.2) is 15.0 Å². The average molecular weight is 706 g/mol. The van der Waals surface area contributed by atoms with E-state index in [-0.39, 0.29) is 0 Å². The van der Waals surface area contributed by atoms with Gasteiger partial charge >= 0.3 is 0 Å². The van der Waals surface area contributed by atoms with Crippen LogP contribution in [0.15, 0.2) is 168 Å². The zero-order valence-electron chi connectivity index (χ0n) is 28.7. The van der Waals surface area contributed by atoms with Crippen molar-refractivity contribution in [2.45, 2.75) is 0 Å². The second-order valence-electron chi connectivity index (χ2n) is 13.9. The topological polar surface area (TPSA) is 51.8 Å². The molecule has 1 aliphatic carbocycles. The molecule has 0 spiro atoms. The quantitative estimate of drug-likeness (QED) is 0.179. The highest BCUT2D eigenvalue weighted by molar-refractivity contribution is 7.26. The van der Waals surface area contributed by atoms with Crippen molar-refractivity contribution in [2.75, 3.05) is 0 Å². The molecule has 0 saturated carbocycles. The van der Waals surface area contributed by atoms with E-state index in [4.69, 9.17) is 19.4 Å². The summed E-state index contributed by atoms with van der Waals surface area (Å²) in [5, 5.41) is 7.55. The lowest BCUT2D eigenvalue weighted by molar-refractivity contribution is 0.669. The van der Waals surface area contributed by atoms with Gasteiger partial charge in [0, 0.05) is 53.0 Å². The van der Waals surface area contributed by atoms with Crippen molar-refractivity contribution in [1.82, 2.24) is 15.0 Å². The van der Waals surface area contributed by atoms with Crippen molar-refractivity contribution in [2.24, 2.45) is 0 Å². The molecule has 0 saturated heterocycles. The highest BCUT2D eigenvalue weighted by Crippen LogP contribution is 2.54. The first-order chi connectivity index (χ1) is 26.7. The Morgan fingerprint density at radius 2 is 0.926 bits per heavy atom. The standard InChI is InChI=1S/C49H27N3OS/c1-3-10-28(11-4-1)31-14-7-16-33(26-31)48-50-47(30-12-5-2-6-13-30)51-49(52-48)34-17-8-15-32(27-34)35-22-25-40-46-42(35)36-18-9-19-37-43(36)44-38(53-37)23-20-29-21-24-39(54-40)45(46)41(29)44/h1-27H. The number of furan rings is 1. The summed E-state index contributed by atoms with van der Waals surface area (Å²) in [5.74, 6) is 1.91. The minimum atomic E-state index is 0.631. The maximum absolute atomic E-state index is 6.52. The van der Waals surface area contributed by atoms with Crippen LogP contribution in [0.3, 0.4) is 0 Å². The SMILES string of the molecule is c1ccc(-c2cccc(-c3nc(-c4ccccc4)nc(-c4cccc(-c5ccc6sc7ccc8ccc9oc%10cccc%11c%10c9c8c7c6c5-%11)c4)n3)c2)cc1. The van der Waals surface area contributed by atoms with E-state index < -0.39 is 0 Å². The van der Waals surface area contributed by atoms with Gasteiger partial charge < -0.3 is 4.42 Å². The summed E-state index contributed by atoms with van der Waals surface area (Å²) in [6.07, 6.45) is 0. The van der Waals surface area contributed by atoms with Crippen LogP contribution in [0.25, 0.3) is 120 Å². The highest BCUT2D eigenvalue weighted by Gasteiger charge is 2.26. The van der Waals surface area contributed by atoms with Gasteiger partial charge in [-0.15, -0.1) is 11.3 Å². The Morgan fingerprint density at radius 1 is 0.352 bits per heavy atom. The van der Waals surface area contributed by atoms with E-state index in [9.17, 15) is 0 Å². The van der Waals surface area contributed by atoms with Crippen molar-refractivity contribution in [3.8, 4) is 67.5 Å². The van der Waals surface area contributed by atoms with Crippen molar-refractivity contribution in [3.63, 3.8) is 0 Å². The van der Waals surface area contributed by atoms with Gasteiger partial charge in [0.1, 0.15) is 11.2 Å². The molecule has 0 aliphatic heterocycles. The molecule has 12 rings (SSSR count). The lowest BCUT2D eigenvalue weighted by Crippen LogP contribution is -2.00. The van der Waals surface area contributed by atoms with E-state index in [2.05, 4.69) is 140 Å². The fraction of sp³-hybridized carbons (Fsp3) is 0. The van der Waals surface area contributed by atoms with Crippen LogP contribution in [0, 0.1) is 0 Å². The van der Waals surface area contributed by atoms with E-state index in [1.165, 1.54) is 58.4 Å². The summed E-state index contributed by atoms with van der Waals surface area (Å²) in [7, 11) is 0. The third kappa shape index (κ3) is 4.33. The zero-order chi connectivity index (χ0) is 35.3. The van der Waals surface area contributed by atoms with Gasteiger partial charge in [0.25, 0.3) is 0 Å². The number of aromatic nitrogens is 3. The molecule has 11 aromatic rings. The fourth-order valence-corrected chi connectivity index (χ4v) is 9.57. The molecule has 3 aromatic heterocycles. The molecule has 3 heterocycles. The van der Waals surface area contributed by atoms with Gasteiger partial charge in [0.05, 0.1) is 0 Å². The van der Waals surface area contributed by atoms with Crippen LogP contribution >= 0.6 is 11.3 Å². The lowest BCUT2D eigenvalue weighted by Gasteiger charge is -2.14. The van der Waals surface area contributed by atoms with Gasteiger partial charge in [-0.3, -0.25) is 0 Å². The summed E-state index contributed by atoms with van der Waals surface area (Å²) in [4.78, 5) is 15.3. The van der Waals surface area contributed by atoms with Crippen molar-refractivity contribution < 1.29 is 4.42 Å². The third-order valence-corrected chi connectivity index (χ3v) is 12.0. The summed E-state index contributed by atoms with van der Waals surface area (Å²) < 4.78 is 9.10. The molecule has 4 nitrogen and oxygen atoms in total. The molecule has 0 unspecified atom stereocenters. The second kappa shape index (κ2) is 11.3. The van der Waals surface area contributed by atoms with Crippen molar-refractivity contribution in [3.05, 3.63) is 164 Å². The predicted octanol–water partition coefficient (Wildman–Crippen LogP) is 13.6. The normalized spacial score (nSPS) is 12.1. The third-order valence-electron chi connectivity index (χ3n) is 10.8. The fourth-order valence-electron chi connectivity index (χ4n) is 8.45. The number of nitrogens with zero attached hydrogens (tertiary/aromatic N) is 3. The smallest absolute Gasteiger partial charge is 0.164 e. The minimum Gasteiger partial charge on any atom is -0.456 e. The monoisotopic (exact) mass is 705 g/mol. The van der Waals surface area contributed by atoms with Crippen molar-refractivity contribution >= 4 is 64.2 Å². The largest absolute Gasteiger partial charge is 0.456 e. The number of hydrogen-bond acceptors (Lipinski definition) is 5. The Hall–Kier alpha value is -6.95. The summed E-state index contributed by atoms with van der Waals surface area (Å²) in [5.41, 5.74) is 11.6. The maximum atomic E-state index is 6.52. The van der Waals surface area contributed by atoms with Crippen molar-refractivity contribution in [1.29, 1.82) is 0 Å². The molecule has 8 aromatic carbocycles. The molecule has 5 heteroatoms. The molecule has 0 N–H and O–H groups in total. The van der Waals surface area contributed by atoms with E-state index in [0.29, 0.717) is 17.5 Å². The molecule has 0 atom stereocenters. The summed E-state index contributed by atoms with van der Waals surface area (Å²) >= 11 is 1.87. The van der Waals surface area contributed by atoms with Gasteiger partial charge in [-0.2, -0.15) is 0 Å². The Kier molecular flexibility index (Phi) is 6.18. The molecule has 1 aliphatic rings. The molecule has 54 heavy (non-hydrogen) atoms. The Balaban J connectivity index is 1.08. The molecular formula is C49H27N3OS. The molecular weight excluding hydrogens is 679 g/mol. The molecule has 0 fully saturated rings. The van der Waals surface area contributed by atoms with E-state index in [0.717, 1.165) is 44.5 Å². The van der Waals surface area contributed by atoms with Crippen LogP contribution in [0.1, 0.15) is 0 Å². The number of thiophene rings is 1. The van der Waals surface area contributed by atoms with E-state index in [1.54, 1.807) is 0 Å². The van der Waals surface area contributed by atoms with E-state index >= 15 is 0 Å². The molecule has 0 radical (unpaired) electrons. The van der Waals surface area contributed by atoms with Gasteiger partial charge in [0.15, 0.2) is 17.5 Å². The Labute approximate surface area is 313 Å². The van der Waals surface area contributed by atoms with Gasteiger partial charge in [0.2, 0.25) is 0 Å². The number of hydrogen-bond donors (Lipinski definition) is 0. The Bertz CT molecular complexity index is 3320. The van der Waals surface area contributed by atoms with E-state index in [1.807, 2.05) is 35.6 Å². The van der Waals surface area contributed by atoms with Gasteiger partial charge in [-0.05, 0) is 75.2 Å². The number of rotatable bonds is 5. The summed E-state index contributed by atoms with van der Waals surface area (Å²) in [6.45, 7) is 0. The molecule has 0 amide bonds. The van der Waals surface area contributed by atoms with Crippen LogP contribution in [-0.4, -0.2) is 15.0 Å². The van der Waals surface area contributed by atoms with Crippen LogP contribution in [0.2, 0.25) is 0 Å². The first kappa shape index (κ1) is 29.6. The van der Waals surface area contributed by atoms with Crippen LogP contribution in [0.4, 0.5) is 0 Å². The number of benzene rings is 8. The molecule has 250 valence electrons. The Morgan fingerprint density at radius 3 is 1.70 bits per heavy atom. The van der Waals surface area contributed by atoms with Crippen LogP contribution < -0.4 is 0 Å². The second-order valence-corrected chi connectivity index (χ2v) is 15.0.